The summed E-state index contributed by atoms with van der Waals surface area (Å²) in [7, 11) is 9.40. The quantitative estimate of drug-likeness (QED) is 0.494. The van der Waals surface area contributed by atoms with Crippen LogP contribution in [-0.4, -0.2) is 48.8 Å². The molecule has 0 spiro atoms. The van der Waals surface area contributed by atoms with Gasteiger partial charge in [-0.15, -0.1) is 0 Å². The van der Waals surface area contributed by atoms with Crippen molar-refractivity contribution in [2.24, 2.45) is 11.7 Å². The van der Waals surface area contributed by atoms with Gasteiger partial charge in [0.2, 0.25) is 17.4 Å². The van der Waals surface area contributed by atoms with Gasteiger partial charge in [0.05, 0.1) is 42.7 Å². The largest absolute Gasteiger partial charge is 0.493 e. The Labute approximate surface area is 229 Å². The molecule has 2 N–H and O–H groups in total. The lowest BCUT2D eigenvalue weighted by molar-refractivity contribution is 0.143. The van der Waals surface area contributed by atoms with Gasteiger partial charge in [0.25, 0.3) is 0 Å². The first-order chi connectivity index (χ1) is 18.8. The zero-order valence-electron chi connectivity index (χ0n) is 23.3. The minimum atomic E-state index is -0.459. The Balaban J connectivity index is 1.93. The van der Waals surface area contributed by atoms with Crippen LogP contribution in [-0.2, 0) is 4.74 Å². The molecule has 0 bridgehead atoms. The summed E-state index contributed by atoms with van der Waals surface area (Å²) < 4.78 is 39.5. The summed E-state index contributed by atoms with van der Waals surface area (Å²) in [5.41, 5.74) is 11.0. The van der Waals surface area contributed by atoms with Gasteiger partial charge in [0.1, 0.15) is 17.7 Å². The first kappa shape index (κ1) is 27.6. The van der Waals surface area contributed by atoms with E-state index in [4.69, 9.17) is 38.9 Å². The Morgan fingerprint density at radius 3 is 1.82 bits per heavy atom. The zero-order chi connectivity index (χ0) is 28.3. The Hall–Kier alpha value is -4.45. The number of methoxy groups -OCH3 is 6. The van der Waals surface area contributed by atoms with Crippen LogP contribution in [0.15, 0.2) is 46.9 Å². The summed E-state index contributed by atoms with van der Waals surface area (Å²) in [4.78, 5) is 0. The molecule has 39 heavy (non-hydrogen) atoms. The van der Waals surface area contributed by atoms with Gasteiger partial charge in [-0.3, -0.25) is 0 Å². The molecule has 0 unspecified atom stereocenters. The average Bonchev–Trinajstić information content (AvgIpc) is 2.96. The molecule has 206 valence electrons. The average molecular weight is 535 g/mol. The van der Waals surface area contributed by atoms with Gasteiger partial charge in [-0.1, -0.05) is 13.0 Å². The number of benzene rings is 2. The van der Waals surface area contributed by atoms with E-state index in [-0.39, 0.29) is 17.4 Å². The molecule has 2 aromatic rings. The van der Waals surface area contributed by atoms with E-state index in [1.165, 1.54) is 0 Å². The molecule has 1 heterocycles. The Kier molecular flexibility index (Phi) is 8.15. The third-order valence-electron chi connectivity index (χ3n) is 7.15. The van der Waals surface area contributed by atoms with Crippen molar-refractivity contribution in [2.45, 2.75) is 25.9 Å². The third-order valence-corrected chi connectivity index (χ3v) is 7.15. The highest BCUT2D eigenvalue weighted by atomic mass is 16.5. The summed E-state index contributed by atoms with van der Waals surface area (Å²) in [6, 6.07) is 9.70. The Morgan fingerprint density at radius 1 is 0.846 bits per heavy atom. The number of nitrogens with zero attached hydrogens (tertiary/aromatic N) is 1. The second-order valence-electron chi connectivity index (χ2n) is 9.21. The van der Waals surface area contributed by atoms with Gasteiger partial charge < -0.3 is 38.9 Å². The molecule has 0 aromatic heterocycles. The van der Waals surface area contributed by atoms with Crippen LogP contribution in [0.5, 0.6) is 34.5 Å². The predicted octanol–water partition coefficient (Wildman–Crippen LogP) is 5.10. The number of rotatable bonds is 8. The number of nitriles is 1. The molecular weight excluding hydrogens is 500 g/mol. The molecular formula is C30H34N2O7. The fourth-order valence-electron chi connectivity index (χ4n) is 5.29. The SMILES string of the molecule is COc1cc(/C=C2/CC[C@@H](C)C3=C(c4cc(OC)c(OC)c(OC)c4)C(C#N)=C(N)O[C@@H]32)cc(OC)c1OC. The first-order valence-electron chi connectivity index (χ1n) is 12.5. The second kappa shape index (κ2) is 11.5. The number of hydrogen-bond acceptors (Lipinski definition) is 9. The van der Waals surface area contributed by atoms with E-state index in [2.05, 4.69) is 19.1 Å². The Morgan fingerprint density at radius 2 is 1.36 bits per heavy atom. The highest BCUT2D eigenvalue weighted by Crippen LogP contribution is 2.49. The first-order valence-corrected chi connectivity index (χ1v) is 12.5. The molecule has 4 rings (SSSR count). The molecule has 1 aliphatic heterocycles. The molecule has 1 fully saturated rings. The van der Waals surface area contributed by atoms with Crippen LogP contribution in [0.4, 0.5) is 0 Å². The number of nitrogens with two attached hydrogens (primary N) is 1. The molecule has 9 nitrogen and oxygen atoms in total. The van der Waals surface area contributed by atoms with Crippen molar-refractivity contribution in [3.8, 4) is 40.6 Å². The number of hydrogen-bond donors (Lipinski definition) is 1. The van der Waals surface area contributed by atoms with Crippen LogP contribution in [0.25, 0.3) is 11.6 Å². The van der Waals surface area contributed by atoms with Crippen LogP contribution >= 0.6 is 0 Å². The molecule has 0 radical (unpaired) electrons. The van der Waals surface area contributed by atoms with Gasteiger partial charge in [-0.2, -0.15) is 5.26 Å². The van der Waals surface area contributed by atoms with E-state index in [0.717, 1.165) is 35.1 Å². The van der Waals surface area contributed by atoms with Crippen LogP contribution in [0.1, 0.15) is 30.9 Å². The second-order valence-corrected chi connectivity index (χ2v) is 9.21. The van der Waals surface area contributed by atoms with E-state index in [9.17, 15) is 5.26 Å². The molecule has 0 saturated heterocycles. The molecule has 0 amide bonds. The van der Waals surface area contributed by atoms with Gasteiger partial charge in [-0.25, -0.2) is 0 Å². The lowest BCUT2D eigenvalue weighted by Crippen LogP contribution is -2.33. The summed E-state index contributed by atoms with van der Waals surface area (Å²) in [6.07, 6.45) is 3.24. The number of ether oxygens (including phenoxy) is 7. The molecule has 2 aliphatic rings. The minimum Gasteiger partial charge on any atom is -0.493 e. The maximum Gasteiger partial charge on any atom is 0.204 e. The smallest absolute Gasteiger partial charge is 0.204 e. The van der Waals surface area contributed by atoms with Crippen molar-refractivity contribution in [1.29, 1.82) is 5.26 Å². The monoisotopic (exact) mass is 534 g/mol. The molecule has 1 saturated carbocycles. The topological polar surface area (TPSA) is 114 Å². The van der Waals surface area contributed by atoms with E-state index >= 15 is 0 Å². The summed E-state index contributed by atoms with van der Waals surface area (Å²) in [5, 5.41) is 10.1. The highest BCUT2D eigenvalue weighted by molar-refractivity contribution is 5.89. The van der Waals surface area contributed by atoms with Crippen LogP contribution in [0.2, 0.25) is 0 Å². The van der Waals surface area contributed by atoms with E-state index in [1.807, 2.05) is 24.3 Å². The van der Waals surface area contributed by atoms with Crippen molar-refractivity contribution < 1.29 is 33.2 Å². The summed E-state index contributed by atoms with van der Waals surface area (Å²) >= 11 is 0. The Bertz CT molecular complexity index is 1350. The normalized spacial score (nSPS) is 19.6. The fraction of sp³-hybridized carbons (Fsp3) is 0.367. The standard InChI is InChI=1S/C30H34N2O7/c1-16-8-9-18(10-17-11-21(33-2)28(37-6)22(12-17)34-3)27-25(16)26(20(15-31)30(32)39-27)19-13-23(35-4)29(38-7)24(14-19)36-5/h10-14,16,27H,8-9,32H2,1-7H3/b18-10-/t16-,27-/m1/s1. The maximum atomic E-state index is 10.1. The minimum absolute atomic E-state index is 0.0693. The molecule has 1 aliphatic carbocycles. The predicted molar refractivity (Wildman–Crippen MR) is 147 cm³/mol. The van der Waals surface area contributed by atoms with E-state index in [0.29, 0.717) is 40.1 Å². The summed E-state index contributed by atoms with van der Waals surface area (Å²) in [6.45, 7) is 2.14. The zero-order valence-corrected chi connectivity index (χ0v) is 23.3. The number of allylic oxidation sites excluding steroid dienone is 2. The molecule has 2 atom stereocenters. The van der Waals surface area contributed by atoms with Gasteiger partial charge in [-0.05, 0) is 65.3 Å². The van der Waals surface area contributed by atoms with Crippen LogP contribution in [0.3, 0.4) is 0 Å². The van der Waals surface area contributed by atoms with Gasteiger partial charge >= 0.3 is 0 Å². The molecule has 9 heteroatoms. The van der Waals surface area contributed by atoms with Crippen molar-refractivity contribution in [2.75, 3.05) is 42.7 Å². The van der Waals surface area contributed by atoms with Crippen molar-refractivity contribution >= 4 is 11.6 Å². The van der Waals surface area contributed by atoms with Crippen LogP contribution in [0, 0.1) is 17.2 Å². The van der Waals surface area contributed by atoms with Crippen molar-refractivity contribution in [3.05, 3.63) is 58.0 Å². The number of fused-ring (bicyclic) bond motifs is 1. The van der Waals surface area contributed by atoms with Gasteiger partial charge in [0.15, 0.2) is 23.0 Å². The van der Waals surface area contributed by atoms with Crippen LogP contribution < -0.4 is 34.2 Å². The van der Waals surface area contributed by atoms with E-state index < -0.39 is 6.10 Å². The maximum absolute atomic E-state index is 10.1. The van der Waals surface area contributed by atoms with E-state index in [1.54, 1.807) is 42.7 Å². The third kappa shape index (κ3) is 4.90. The summed E-state index contributed by atoms with van der Waals surface area (Å²) in [5.74, 6) is 3.25. The highest BCUT2D eigenvalue weighted by Gasteiger charge is 2.39. The fourth-order valence-corrected chi connectivity index (χ4v) is 5.29. The molecule has 2 aromatic carbocycles. The van der Waals surface area contributed by atoms with Crippen molar-refractivity contribution in [3.63, 3.8) is 0 Å². The lowest BCUT2D eigenvalue weighted by atomic mass is 9.73. The lowest BCUT2D eigenvalue weighted by Gasteiger charge is -2.38. The van der Waals surface area contributed by atoms with Gasteiger partial charge in [0, 0.05) is 5.57 Å². The van der Waals surface area contributed by atoms with Crippen molar-refractivity contribution in [1.82, 2.24) is 0 Å².